The SMILES string of the molecule is COc1cc(-c2cc(N)n[nH]2)c(OC)c(C)c1C. The summed E-state index contributed by atoms with van der Waals surface area (Å²) in [7, 11) is 3.30. The number of methoxy groups -OCH3 is 2. The summed E-state index contributed by atoms with van der Waals surface area (Å²) in [6.07, 6.45) is 0. The average molecular weight is 247 g/mol. The number of ether oxygens (including phenoxy) is 2. The van der Waals surface area contributed by atoms with Gasteiger partial charge in [0, 0.05) is 11.6 Å². The van der Waals surface area contributed by atoms with Crippen molar-refractivity contribution in [1.82, 2.24) is 10.2 Å². The fourth-order valence-corrected chi connectivity index (χ4v) is 2.01. The first kappa shape index (κ1) is 12.3. The molecule has 0 spiro atoms. The minimum Gasteiger partial charge on any atom is -0.496 e. The first-order valence-corrected chi connectivity index (χ1v) is 5.62. The number of nitrogens with zero attached hydrogens (tertiary/aromatic N) is 1. The van der Waals surface area contributed by atoms with Gasteiger partial charge in [-0.3, -0.25) is 5.10 Å². The van der Waals surface area contributed by atoms with Gasteiger partial charge in [-0.1, -0.05) is 0 Å². The first-order chi connectivity index (χ1) is 8.58. The van der Waals surface area contributed by atoms with Gasteiger partial charge in [0.05, 0.1) is 19.9 Å². The molecule has 3 N–H and O–H groups in total. The predicted octanol–water partition coefficient (Wildman–Crippen LogP) is 2.29. The van der Waals surface area contributed by atoms with Crippen LogP contribution < -0.4 is 15.2 Å². The molecule has 0 radical (unpaired) electrons. The van der Waals surface area contributed by atoms with E-state index in [1.165, 1.54) is 0 Å². The van der Waals surface area contributed by atoms with E-state index in [0.29, 0.717) is 5.82 Å². The van der Waals surface area contributed by atoms with Crippen LogP contribution >= 0.6 is 0 Å². The van der Waals surface area contributed by atoms with Crippen molar-refractivity contribution >= 4 is 5.82 Å². The lowest BCUT2D eigenvalue weighted by molar-refractivity contribution is 0.399. The van der Waals surface area contributed by atoms with Crippen LogP contribution in [0.4, 0.5) is 5.82 Å². The molecule has 96 valence electrons. The van der Waals surface area contributed by atoms with Crippen LogP contribution in [-0.2, 0) is 0 Å². The second-order valence-corrected chi connectivity index (χ2v) is 4.12. The number of nitrogen functional groups attached to an aromatic ring is 1. The standard InChI is InChI=1S/C13H17N3O2/c1-7-8(2)13(18-4)9(5-11(7)17-3)10-6-12(14)16-15-10/h5-6H,1-4H3,(H3,14,15,16). The Balaban J connectivity index is 2.69. The second kappa shape index (κ2) is 4.60. The first-order valence-electron chi connectivity index (χ1n) is 5.62. The van der Waals surface area contributed by atoms with Crippen molar-refractivity contribution in [3.05, 3.63) is 23.3 Å². The zero-order valence-corrected chi connectivity index (χ0v) is 11.0. The van der Waals surface area contributed by atoms with Crippen molar-refractivity contribution in [3.8, 4) is 22.8 Å². The Morgan fingerprint density at radius 1 is 1.11 bits per heavy atom. The molecule has 1 heterocycles. The van der Waals surface area contributed by atoms with E-state index in [0.717, 1.165) is 33.9 Å². The lowest BCUT2D eigenvalue weighted by atomic mass is 10.0. The van der Waals surface area contributed by atoms with Gasteiger partial charge >= 0.3 is 0 Å². The summed E-state index contributed by atoms with van der Waals surface area (Å²) < 4.78 is 10.8. The van der Waals surface area contributed by atoms with E-state index in [-0.39, 0.29) is 0 Å². The van der Waals surface area contributed by atoms with Crippen LogP contribution in [0.2, 0.25) is 0 Å². The zero-order chi connectivity index (χ0) is 13.3. The highest BCUT2D eigenvalue weighted by Crippen LogP contribution is 2.39. The maximum absolute atomic E-state index is 5.63. The minimum atomic E-state index is 0.448. The third-order valence-electron chi connectivity index (χ3n) is 3.10. The van der Waals surface area contributed by atoms with E-state index in [2.05, 4.69) is 10.2 Å². The zero-order valence-electron chi connectivity index (χ0n) is 11.0. The van der Waals surface area contributed by atoms with Crippen LogP contribution in [-0.4, -0.2) is 24.4 Å². The summed E-state index contributed by atoms with van der Waals surface area (Å²) in [5.41, 5.74) is 9.44. The number of aromatic nitrogens is 2. The van der Waals surface area contributed by atoms with Gasteiger partial charge in [0.15, 0.2) is 0 Å². The molecule has 5 heteroatoms. The van der Waals surface area contributed by atoms with E-state index >= 15 is 0 Å². The number of nitrogens with one attached hydrogen (secondary N) is 1. The average Bonchev–Trinajstić information content (AvgIpc) is 2.79. The molecule has 0 unspecified atom stereocenters. The van der Waals surface area contributed by atoms with Gasteiger partial charge in [0.1, 0.15) is 17.3 Å². The lowest BCUT2D eigenvalue weighted by Crippen LogP contribution is -1.97. The molecule has 5 nitrogen and oxygen atoms in total. The van der Waals surface area contributed by atoms with Crippen LogP contribution in [0, 0.1) is 13.8 Å². The van der Waals surface area contributed by atoms with Crippen LogP contribution in [0.3, 0.4) is 0 Å². The Labute approximate surface area is 106 Å². The summed E-state index contributed by atoms with van der Waals surface area (Å²) in [5, 5.41) is 6.82. The van der Waals surface area contributed by atoms with Gasteiger partial charge in [0.2, 0.25) is 0 Å². The van der Waals surface area contributed by atoms with Crippen molar-refractivity contribution in [2.75, 3.05) is 20.0 Å². The number of nitrogens with two attached hydrogens (primary N) is 1. The third-order valence-corrected chi connectivity index (χ3v) is 3.10. The molecular formula is C13H17N3O2. The number of H-pyrrole nitrogens is 1. The number of hydrogen-bond acceptors (Lipinski definition) is 4. The molecule has 0 fully saturated rings. The molecular weight excluding hydrogens is 230 g/mol. The van der Waals surface area contributed by atoms with Crippen molar-refractivity contribution in [2.24, 2.45) is 0 Å². The third kappa shape index (κ3) is 1.88. The lowest BCUT2D eigenvalue weighted by Gasteiger charge is -2.15. The van der Waals surface area contributed by atoms with Crippen LogP contribution in [0.25, 0.3) is 11.3 Å². The summed E-state index contributed by atoms with van der Waals surface area (Å²) in [6.45, 7) is 4.00. The molecule has 2 aromatic rings. The molecule has 1 aromatic carbocycles. The number of anilines is 1. The minimum absolute atomic E-state index is 0.448. The quantitative estimate of drug-likeness (QED) is 0.872. The normalized spacial score (nSPS) is 10.4. The topological polar surface area (TPSA) is 73.2 Å². The van der Waals surface area contributed by atoms with E-state index in [4.69, 9.17) is 15.2 Å². The highest BCUT2D eigenvalue weighted by atomic mass is 16.5. The summed E-state index contributed by atoms with van der Waals surface area (Å²) >= 11 is 0. The molecule has 0 saturated carbocycles. The van der Waals surface area contributed by atoms with Gasteiger partial charge in [-0.2, -0.15) is 5.10 Å². The van der Waals surface area contributed by atoms with Crippen molar-refractivity contribution in [3.63, 3.8) is 0 Å². The second-order valence-electron chi connectivity index (χ2n) is 4.12. The number of aromatic amines is 1. The Hall–Kier alpha value is -2.17. The van der Waals surface area contributed by atoms with Crippen molar-refractivity contribution < 1.29 is 9.47 Å². The molecule has 0 aliphatic rings. The monoisotopic (exact) mass is 247 g/mol. The highest BCUT2D eigenvalue weighted by Gasteiger charge is 2.16. The molecule has 0 amide bonds. The van der Waals surface area contributed by atoms with E-state index in [9.17, 15) is 0 Å². The van der Waals surface area contributed by atoms with Crippen molar-refractivity contribution in [1.29, 1.82) is 0 Å². The van der Waals surface area contributed by atoms with Gasteiger partial charge in [0.25, 0.3) is 0 Å². The predicted molar refractivity (Wildman–Crippen MR) is 71.0 cm³/mol. The van der Waals surface area contributed by atoms with Gasteiger partial charge in [-0.25, -0.2) is 0 Å². The number of rotatable bonds is 3. The summed E-state index contributed by atoms with van der Waals surface area (Å²) in [6, 6.07) is 3.69. The number of hydrogen-bond donors (Lipinski definition) is 2. The summed E-state index contributed by atoms with van der Waals surface area (Å²) in [4.78, 5) is 0. The van der Waals surface area contributed by atoms with Crippen LogP contribution in [0.15, 0.2) is 12.1 Å². The van der Waals surface area contributed by atoms with E-state index in [1.807, 2.05) is 19.9 Å². The van der Waals surface area contributed by atoms with E-state index < -0.39 is 0 Å². The molecule has 0 bridgehead atoms. The molecule has 18 heavy (non-hydrogen) atoms. The maximum atomic E-state index is 5.63. The molecule has 0 saturated heterocycles. The van der Waals surface area contributed by atoms with E-state index in [1.54, 1.807) is 20.3 Å². The van der Waals surface area contributed by atoms with Gasteiger partial charge in [-0.15, -0.1) is 0 Å². The molecule has 2 rings (SSSR count). The smallest absolute Gasteiger partial charge is 0.145 e. The van der Waals surface area contributed by atoms with Gasteiger partial charge < -0.3 is 15.2 Å². The largest absolute Gasteiger partial charge is 0.496 e. The van der Waals surface area contributed by atoms with Gasteiger partial charge in [-0.05, 0) is 31.0 Å². The molecule has 0 aliphatic carbocycles. The van der Waals surface area contributed by atoms with Crippen LogP contribution in [0.5, 0.6) is 11.5 Å². The number of benzene rings is 1. The summed E-state index contributed by atoms with van der Waals surface area (Å²) in [5.74, 6) is 2.07. The Kier molecular flexibility index (Phi) is 3.14. The molecule has 1 aromatic heterocycles. The molecule has 0 atom stereocenters. The van der Waals surface area contributed by atoms with Crippen molar-refractivity contribution in [2.45, 2.75) is 13.8 Å². The Morgan fingerprint density at radius 3 is 2.33 bits per heavy atom. The fourth-order valence-electron chi connectivity index (χ4n) is 2.01. The Morgan fingerprint density at radius 2 is 1.83 bits per heavy atom. The maximum Gasteiger partial charge on any atom is 0.145 e. The highest BCUT2D eigenvalue weighted by molar-refractivity contribution is 5.74. The Bertz CT molecular complexity index is 576. The fraction of sp³-hybridized carbons (Fsp3) is 0.308. The van der Waals surface area contributed by atoms with Crippen LogP contribution in [0.1, 0.15) is 11.1 Å². The molecule has 0 aliphatic heterocycles.